The van der Waals surface area contributed by atoms with Crippen LogP contribution in [-0.4, -0.2) is 33.6 Å². The summed E-state index contributed by atoms with van der Waals surface area (Å²) in [5.74, 6) is 0.191. The third-order valence-electron chi connectivity index (χ3n) is 4.04. The van der Waals surface area contributed by atoms with Crippen molar-refractivity contribution in [2.45, 2.75) is 32.4 Å². The van der Waals surface area contributed by atoms with Gasteiger partial charge in [-0.3, -0.25) is 4.79 Å². The number of hydrogen-bond acceptors (Lipinski definition) is 2. The van der Waals surface area contributed by atoms with Crippen molar-refractivity contribution in [2.75, 3.05) is 13.1 Å². The average molecular weight is 272 g/mol. The van der Waals surface area contributed by atoms with Gasteiger partial charge in [-0.15, -0.1) is 0 Å². The van der Waals surface area contributed by atoms with Crippen molar-refractivity contribution in [2.24, 2.45) is 0 Å². The summed E-state index contributed by atoms with van der Waals surface area (Å²) < 4.78 is 1.98. The van der Waals surface area contributed by atoms with Crippen LogP contribution in [0.15, 0.2) is 30.5 Å². The van der Waals surface area contributed by atoms with Crippen LogP contribution in [0.2, 0.25) is 0 Å². The number of benzene rings is 1. The molecule has 20 heavy (non-hydrogen) atoms. The Kier molecular flexibility index (Phi) is 3.74. The maximum atomic E-state index is 12.3. The fraction of sp³-hybridized carbons (Fsp3) is 0.438. The normalized spacial score (nSPS) is 15.8. The zero-order chi connectivity index (χ0) is 13.9. The van der Waals surface area contributed by atoms with E-state index in [1.807, 2.05) is 39.9 Å². The highest BCUT2D eigenvalue weighted by Gasteiger charge is 2.17. The van der Waals surface area contributed by atoms with Gasteiger partial charge in [0.15, 0.2) is 0 Å². The smallest absolute Gasteiger partial charge is 0.242 e. The molecule has 0 aliphatic carbocycles. The van der Waals surface area contributed by atoms with Crippen LogP contribution in [0.1, 0.15) is 24.8 Å². The third-order valence-corrected chi connectivity index (χ3v) is 4.04. The first-order valence-corrected chi connectivity index (χ1v) is 7.24. The van der Waals surface area contributed by atoms with E-state index in [-0.39, 0.29) is 12.5 Å². The van der Waals surface area contributed by atoms with Crippen molar-refractivity contribution in [3.8, 4) is 0 Å². The summed E-state index contributed by atoms with van der Waals surface area (Å²) >= 11 is 0. The van der Waals surface area contributed by atoms with E-state index in [4.69, 9.17) is 0 Å². The Bertz CT molecular complexity index is 612. The Balaban J connectivity index is 1.81. The van der Waals surface area contributed by atoms with E-state index >= 15 is 0 Å². The van der Waals surface area contributed by atoms with Crippen LogP contribution in [0.3, 0.4) is 0 Å². The van der Waals surface area contributed by atoms with Gasteiger partial charge < -0.3 is 14.6 Å². The van der Waals surface area contributed by atoms with Gasteiger partial charge in [-0.25, -0.2) is 0 Å². The number of aliphatic hydroxyl groups excluding tert-OH is 1. The molecule has 1 N–H and O–H groups in total. The number of fused-ring (bicyclic) bond motifs is 1. The zero-order valence-electron chi connectivity index (χ0n) is 11.6. The van der Waals surface area contributed by atoms with E-state index in [9.17, 15) is 9.90 Å². The Morgan fingerprint density at radius 2 is 1.95 bits per heavy atom. The molecule has 0 atom stereocenters. The van der Waals surface area contributed by atoms with Gasteiger partial charge in [0.25, 0.3) is 0 Å². The number of hydrogen-bond donors (Lipinski definition) is 1. The first kappa shape index (κ1) is 13.2. The molecule has 0 saturated carbocycles. The second-order valence-corrected chi connectivity index (χ2v) is 5.44. The van der Waals surface area contributed by atoms with Crippen LogP contribution in [0, 0.1) is 0 Å². The highest BCUT2D eigenvalue weighted by molar-refractivity contribution is 5.83. The maximum absolute atomic E-state index is 12.3. The highest BCUT2D eigenvalue weighted by Crippen LogP contribution is 2.18. The molecule has 4 nitrogen and oxygen atoms in total. The lowest BCUT2D eigenvalue weighted by molar-refractivity contribution is -0.132. The van der Waals surface area contributed by atoms with E-state index in [1.165, 1.54) is 6.42 Å². The number of rotatable bonds is 3. The highest BCUT2D eigenvalue weighted by atomic mass is 16.3. The molecule has 1 amide bonds. The summed E-state index contributed by atoms with van der Waals surface area (Å²) in [4.78, 5) is 14.3. The summed E-state index contributed by atoms with van der Waals surface area (Å²) in [6.45, 7) is 2.19. The molecule has 1 aromatic heterocycles. The molecule has 1 fully saturated rings. The van der Waals surface area contributed by atoms with Crippen molar-refractivity contribution in [1.29, 1.82) is 0 Å². The lowest BCUT2D eigenvalue weighted by Gasteiger charge is -2.27. The van der Waals surface area contributed by atoms with Crippen LogP contribution < -0.4 is 0 Å². The molecule has 1 aliphatic rings. The number of amides is 1. The molecule has 1 aliphatic heterocycles. The molecule has 3 rings (SSSR count). The third kappa shape index (κ3) is 2.56. The van der Waals surface area contributed by atoms with Crippen LogP contribution in [0.5, 0.6) is 0 Å². The molecule has 2 aromatic rings. The van der Waals surface area contributed by atoms with E-state index in [0.29, 0.717) is 6.54 Å². The largest absolute Gasteiger partial charge is 0.392 e. The minimum Gasteiger partial charge on any atom is -0.392 e. The molecule has 0 bridgehead atoms. The van der Waals surface area contributed by atoms with Gasteiger partial charge in [0, 0.05) is 24.8 Å². The lowest BCUT2D eigenvalue weighted by atomic mass is 10.1. The molecule has 0 unspecified atom stereocenters. The van der Waals surface area contributed by atoms with Crippen LogP contribution in [0.25, 0.3) is 10.9 Å². The molecule has 4 heteroatoms. The van der Waals surface area contributed by atoms with Crippen LogP contribution in [-0.2, 0) is 17.9 Å². The first-order valence-electron chi connectivity index (χ1n) is 7.24. The summed E-state index contributed by atoms with van der Waals surface area (Å²) in [6, 6.07) is 7.88. The van der Waals surface area contributed by atoms with Gasteiger partial charge in [-0.1, -0.05) is 12.1 Å². The number of carbonyl (C=O) groups excluding carboxylic acids is 1. The first-order chi connectivity index (χ1) is 9.78. The van der Waals surface area contributed by atoms with Crippen molar-refractivity contribution in [3.05, 3.63) is 36.0 Å². The summed E-state index contributed by atoms with van der Waals surface area (Å²) in [5, 5.41) is 10.3. The second kappa shape index (κ2) is 5.67. The molecule has 2 heterocycles. The van der Waals surface area contributed by atoms with Gasteiger partial charge in [0.05, 0.1) is 6.61 Å². The van der Waals surface area contributed by atoms with Gasteiger partial charge in [-0.05, 0) is 42.3 Å². The quantitative estimate of drug-likeness (QED) is 0.930. The van der Waals surface area contributed by atoms with Crippen molar-refractivity contribution < 1.29 is 9.90 Å². The van der Waals surface area contributed by atoms with E-state index in [0.717, 1.165) is 42.4 Å². The van der Waals surface area contributed by atoms with E-state index in [2.05, 4.69) is 0 Å². The predicted molar refractivity (Wildman–Crippen MR) is 78.3 cm³/mol. The fourth-order valence-electron chi connectivity index (χ4n) is 2.85. The monoisotopic (exact) mass is 272 g/mol. The topological polar surface area (TPSA) is 45.5 Å². The van der Waals surface area contributed by atoms with E-state index in [1.54, 1.807) is 0 Å². The van der Waals surface area contributed by atoms with Crippen LogP contribution in [0.4, 0.5) is 0 Å². The number of carbonyl (C=O) groups is 1. The van der Waals surface area contributed by atoms with Crippen molar-refractivity contribution in [3.63, 3.8) is 0 Å². The standard InChI is InChI=1S/C16H20N2O2/c19-12-13-4-5-14-6-9-18(15(14)10-13)11-16(20)17-7-2-1-3-8-17/h4-6,9-10,19H,1-3,7-8,11-12H2. The number of likely N-dealkylation sites (tertiary alicyclic amines) is 1. The Morgan fingerprint density at radius 3 is 2.70 bits per heavy atom. The van der Waals surface area contributed by atoms with Gasteiger partial charge >= 0.3 is 0 Å². The Morgan fingerprint density at radius 1 is 1.15 bits per heavy atom. The molecule has 106 valence electrons. The number of aliphatic hydroxyl groups is 1. The Hall–Kier alpha value is -1.81. The van der Waals surface area contributed by atoms with Crippen molar-refractivity contribution in [1.82, 2.24) is 9.47 Å². The fourth-order valence-corrected chi connectivity index (χ4v) is 2.85. The molecule has 1 saturated heterocycles. The summed E-state index contributed by atoms with van der Waals surface area (Å²) in [7, 11) is 0. The minimum absolute atomic E-state index is 0.0290. The molecular formula is C16H20N2O2. The second-order valence-electron chi connectivity index (χ2n) is 5.44. The Labute approximate surface area is 118 Å². The molecular weight excluding hydrogens is 252 g/mol. The molecule has 0 radical (unpaired) electrons. The lowest BCUT2D eigenvalue weighted by Crippen LogP contribution is -2.37. The van der Waals surface area contributed by atoms with E-state index < -0.39 is 0 Å². The van der Waals surface area contributed by atoms with Gasteiger partial charge in [-0.2, -0.15) is 0 Å². The maximum Gasteiger partial charge on any atom is 0.242 e. The summed E-state index contributed by atoms with van der Waals surface area (Å²) in [5.41, 5.74) is 1.89. The number of piperidine rings is 1. The average Bonchev–Trinajstić information content (AvgIpc) is 2.90. The predicted octanol–water partition coefficient (Wildman–Crippen LogP) is 2.15. The van der Waals surface area contributed by atoms with Gasteiger partial charge in [0.2, 0.25) is 5.91 Å². The van der Waals surface area contributed by atoms with Gasteiger partial charge in [0.1, 0.15) is 6.54 Å². The zero-order valence-corrected chi connectivity index (χ0v) is 11.6. The van der Waals surface area contributed by atoms with Crippen LogP contribution >= 0.6 is 0 Å². The summed E-state index contributed by atoms with van der Waals surface area (Å²) in [6.07, 6.45) is 5.42. The SMILES string of the molecule is O=C(Cn1ccc2ccc(CO)cc21)N1CCCCC1. The van der Waals surface area contributed by atoms with Crippen molar-refractivity contribution >= 4 is 16.8 Å². The molecule has 1 aromatic carbocycles. The molecule has 0 spiro atoms. The number of aromatic nitrogens is 1. The number of nitrogens with zero attached hydrogens (tertiary/aromatic N) is 2. The minimum atomic E-state index is 0.0290.